The molecule has 0 aromatic heterocycles. The summed E-state index contributed by atoms with van der Waals surface area (Å²) in [5.41, 5.74) is 13.4. The van der Waals surface area contributed by atoms with Gasteiger partial charge in [0.05, 0.1) is 11.4 Å². The topological polar surface area (TPSA) is 81.1 Å². The minimum atomic E-state index is -0.108. The molecule has 0 radical (unpaired) electrons. The van der Waals surface area contributed by atoms with Crippen LogP contribution in [-0.4, -0.2) is 5.91 Å². The lowest BCUT2D eigenvalue weighted by atomic mass is 10.1. The molecule has 4 heteroatoms. The zero-order valence-electron chi connectivity index (χ0n) is 8.95. The molecule has 0 bridgehead atoms. The van der Waals surface area contributed by atoms with Crippen molar-refractivity contribution in [1.29, 1.82) is 0 Å². The van der Waals surface area contributed by atoms with E-state index in [1.165, 1.54) is 6.92 Å². The van der Waals surface area contributed by atoms with E-state index >= 15 is 0 Å². The molecular formula is C12H13N3O. The van der Waals surface area contributed by atoms with E-state index in [1.54, 1.807) is 6.07 Å². The van der Waals surface area contributed by atoms with E-state index in [2.05, 4.69) is 5.32 Å². The minimum absolute atomic E-state index is 0.108. The summed E-state index contributed by atoms with van der Waals surface area (Å²) in [5.74, 6) is -0.108. The number of amides is 1. The molecular weight excluding hydrogens is 202 g/mol. The van der Waals surface area contributed by atoms with Gasteiger partial charge in [0, 0.05) is 23.4 Å². The number of nitrogens with two attached hydrogens (primary N) is 2. The molecule has 82 valence electrons. The molecule has 1 amide bonds. The van der Waals surface area contributed by atoms with Crippen molar-refractivity contribution in [2.75, 3.05) is 16.8 Å². The van der Waals surface area contributed by atoms with E-state index in [0.29, 0.717) is 11.4 Å². The van der Waals surface area contributed by atoms with Crippen LogP contribution in [0.3, 0.4) is 0 Å². The van der Waals surface area contributed by atoms with Gasteiger partial charge in [-0.05, 0) is 12.1 Å². The molecule has 2 rings (SSSR count). The molecule has 0 spiro atoms. The van der Waals surface area contributed by atoms with Crippen molar-refractivity contribution in [2.45, 2.75) is 6.92 Å². The first-order valence-corrected chi connectivity index (χ1v) is 4.94. The van der Waals surface area contributed by atoms with Gasteiger partial charge in [0.25, 0.3) is 0 Å². The van der Waals surface area contributed by atoms with Crippen LogP contribution in [0.4, 0.5) is 17.1 Å². The van der Waals surface area contributed by atoms with Crippen molar-refractivity contribution in [3.63, 3.8) is 0 Å². The number of anilines is 3. The monoisotopic (exact) mass is 215 g/mol. The Balaban J connectivity index is 2.69. The number of fused-ring (bicyclic) bond motifs is 1. The zero-order chi connectivity index (χ0) is 11.7. The maximum absolute atomic E-state index is 11.0. The molecule has 0 unspecified atom stereocenters. The van der Waals surface area contributed by atoms with Crippen LogP contribution in [0.5, 0.6) is 0 Å². The van der Waals surface area contributed by atoms with Crippen LogP contribution in [0.15, 0.2) is 30.3 Å². The van der Waals surface area contributed by atoms with Crippen molar-refractivity contribution in [2.24, 2.45) is 0 Å². The van der Waals surface area contributed by atoms with E-state index in [9.17, 15) is 4.79 Å². The second-order valence-corrected chi connectivity index (χ2v) is 3.65. The maximum atomic E-state index is 11.0. The fourth-order valence-electron chi connectivity index (χ4n) is 1.70. The normalized spacial score (nSPS) is 10.3. The third-order valence-electron chi connectivity index (χ3n) is 2.45. The van der Waals surface area contributed by atoms with Gasteiger partial charge in [0.2, 0.25) is 5.91 Å². The van der Waals surface area contributed by atoms with E-state index in [1.807, 2.05) is 24.3 Å². The molecule has 0 aliphatic rings. The number of benzene rings is 2. The van der Waals surface area contributed by atoms with Crippen LogP contribution in [0.2, 0.25) is 0 Å². The molecule has 5 N–H and O–H groups in total. The standard InChI is InChI=1S/C12H13N3O/c1-7(16)15-11-4-2-3-9-8(11)5-6-10(13)12(9)14/h2-6H,13-14H2,1H3,(H,15,16). The number of rotatable bonds is 1. The van der Waals surface area contributed by atoms with E-state index in [4.69, 9.17) is 11.5 Å². The summed E-state index contributed by atoms with van der Waals surface area (Å²) in [5, 5.41) is 4.51. The third-order valence-corrected chi connectivity index (χ3v) is 2.45. The van der Waals surface area contributed by atoms with Crippen LogP contribution < -0.4 is 16.8 Å². The first-order valence-electron chi connectivity index (χ1n) is 4.94. The molecule has 0 aliphatic heterocycles. The van der Waals surface area contributed by atoms with Gasteiger partial charge < -0.3 is 16.8 Å². The summed E-state index contributed by atoms with van der Waals surface area (Å²) in [7, 11) is 0. The molecule has 0 aliphatic carbocycles. The predicted molar refractivity (Wildman–Crippen MR) is 67.1 cm³/mol. The predicted octanol–water partition coefficient (Wildman–Crippen LogP) is 1.96. The highest BCUT2D eigenvalue weighted by Crippen LogP contribution is 2.31. The van der Waals surface area contributed by atoms with Gasteiger partial charge >= 0.3 is 0 Å². The van der Waals surface area contributed by atoms with Gasteiger partial charge in [-0.2, -0.15) is 0 Å². The molecule has 0 atom stereocenters. The fourth-order valence-corrected chi connectivity index (χ4v) is 1.70. The van der Waals surface area contributed by atoms with Crippen LogP contribution in [0.1, 0.15) is 6.92 Å². The quantitative estimate of drug-likeness (QED) is 0.636. The molecule has 0 fully saturated rings. The van der Waals surface area contributed by atoms with Crippen LogP contribution >= 0.6 is 0 Å². The summed E-state index contributed by atoms with van der Waals surface area (Å²) in [6, 6.07) is 9.14. The van der Waals surface area contributed by atoms with E-state index < -0.39 is 0 Å². The summed E-state index contributed by atoms with van der Waals surface area (Å²) in [4.78, 5) is 11.0. The minimum Gasteiger partial charge on any atom is -0.397 e. The largest absolute Gasteiger partial charge is 0.397 e. The Morgan fingerprint density at radius 1 is 1.12 bits per heavy atom. The second kappa shape index (κ2) is 3.73. The molecule has 2 aromatic rings. The lowest BCUT2D eigenvalue weighted by Crippen LogP contribution is -2.06. The van der Waals surface area contributed by atoms with E-state index in [-0.39, 0.29) is 5.91 Å². The number of carbonyl (C=O) groups excluding carboxylic acids is 1. The van der Waals surface area contributed by atoms with Gasteiger partial charge in [-0.1, -0.05) is 18.2 Å². The lowest BCUT2D eigenvalue weighted by molar-refractivity contribution is -0.114. The average Bonchev–Trinajstić information content (AvgIpc) is 2.23. The molecule has 0 saturated heterocycles. The molecule has 0 heterocycles. The first kappa shape index (κ1) is 10.3. The Hall–Kier alpha value is -2.23. The lowest BCUT2D eigenvalue weighted by Gasteiger charge is -2.10. The average molecular weight is 215 g/mol. The number of nitrogen functional groups attached to an aromatic ring is 2. The van der Waals surface area contributed by atoms with Gasteiger partial charge in [-0.15, -0.1) is 0 Å². The SMILES string of the molecule is CC(=O)Nc1cccc2c(N)c(N)ccc12. The van der Waals surface area contributed by atoms with Crippen molar-refractivity contribution in [1.82, 2.24) is 0 Å². The van der Waals surface area contributed by atoms with Gasteiger partial charge in [-0.3, -0.25) is 4.79 Å². The summed E-state index contributed by atoms with van der Waals surface area (Å²) in [6.07, 6.45) is 0. The van der Waals surface area contributed by atoms with E-state index in [0.717, 1.165) is 16.5 Å². The Morgan fingerprint density at radius 3 is 2.56 bits per heavy atom. The molecule has 4 nitrogen and oxygen atoms in total. The zero-order valence-corrected chi connectivity index (χ0v) is 8.95. The first-order chi connectivity index (χ1) is 7.59. The summed E-state index contributed by atoms with van der Waals surface area (Å²) in [6.45, 7) is 1.47. The Bertz CT molecular complexity index is 563. The van der Waals surface area contributed by atoms with Crippen LogP contribution in [-0.2, 0) is 4.79 Å². The highest BCUT2D eigenvalue weighted by atomic mass is 16.1. The number of hydrogen-bond donors (Lipinski definition) is 3. The van der Waals surface area contributed by atoms with Crippen LogP contribution in [0, 0.1) is 0 Å². The van der Waals surface area contributed by atoms with Crippen molar-refractivity contribution >= 4 is 33.7 Å². The third kappa shape index (κ3) is 1.65. The number of carbonyl (C=O) groups is 1. The summed E-state index contributed by atoms with van der Waals surface area (Å²) < 4.78 is 0. The molecule has 2 aromatic carbocycles. The summed E-state index contributed by atoms with van der Waals surface area (Å²) >= 11 is 0. The Labute approximate surface area is 93.2 Å². The number of nitrogens with one attached hydrogen (secondary N) is 1. The molecule has 16 heavy (non-hydrogen) atoms. The highest BCUT2D eigenvalue weighted by Gasteiger charge is 2.06. The van der Waals surface area contributed by atoms with Crippen molar-refractivity contribution in [3.8, 4) is 0 Å². The maximum Gasteiger partial charge on any atom is 0.221 e. The smallest absolute Gasteiger partial charge is 0.221 e. The molecule has 0 saturated carbocycles. The van der Waals surface area contributed by atoms with Gasteiger partial charge in [0.15, 0.2) is 0 Å². The number of hydrogen-bond acceptors (Lipinski definition) is 3. The van der Waals surface area contributed by atoms with Crippen molar-refractivity contribution < 1.29 is 4.79 Å². The van der Waals surface area contributed by atoms with Gasteiger partial charge in [-0.25, -0.2) is 0 Å². The second-order valence-electron chi connectivity index (χ2n) is 3.65. The Kier molecular flexibility index (Phi) is 2.40. The van der Waals surface area contributed by atoms with Crippen LogP contribution in [0.25, 0.3) is 10.8 Å². The highest BCUT2D eigenvalue weighted by molar-refractivity contribution is 6.07. The van der Waals surface area contributed by atoms with Crippen molar-refractivity contribution in [3.05, 3.63) is 30.3 Å². The van der Waals surface area contributed by atoms with Gasteiger partial charge in [0.1, 0.15) is 0 Å². The fraction of sp³-hybridized carbons (Fsp3) is 0.0833. The Morgan fingerprint density at radius 2 is 1.88 bits per heavy atom.